The number of hydrogen-bond donors (Lipinski definition) is 4. The van der Waals surface area contributed by atoms with E-state index in [4.69, 9.17) is 11.5 Å². The van der Waals surface area contributed by atoms with Gasteiger partial charge in [-0.05, 0) is 64.9 Å². The lowest BCUT2D eigenvalue weighted by Crippen LogP contribution is -2.29. The van der Waals surface area contributed by atoms with Crippen molar-refractivity contribution < 1.29 is 10.2 Å². The van der Waals surface area contributed by atoms with Gasteiger partial charge >= 0.3 is 0 Å². The van der Waals surface area contributed by atoms with Crippen molar-refractivity contribution in [1.82, 2.24) is 19.5 Å². The van der Waals surface area contributed by atoms with Gasteiger partial charge in [0.05, 0.1) is 27.5 Å². The van der Waals surface area contributed by atoms with Crippen molar-refractivity contribution in [2.24, 2.45) is 5.92 Å². The Morgan fingerprint density at radius 2 is 1.90 bits per heavy atom. The Labute approximate surface area is 187 Å². The SMILES string of the molecule is Nc1nc2cc(CCC3C[C@@H](n4ccc5c(N)ncnc54)[C@H](O)[C@@H]3O)ccc2cc1Br. The van der Waals surface area contributed by atoms with Crippen molar-refractivity contribution in [2.45, 2.75) is 37.5 Å². The number of aliphatic hydroxyl groups is 2. The summed E-state index contributed by atoms with van der Waals surface area (Å²) in [7, 11) is 0. The predicted octanol–water partition coefficient (Wildman–Crippen LogP) is 2.82. The fourth-order valence-electron chi connectivity index (χ4n) is 4.63. The van der Waals surface area contributed by atoms with E-state index in [1.165, 1.54) is 6.33 Å². The van der Waals surface area contributed by atoms with Gasteiger partial charge in [0, 0.05) is 11.6 Å². The molecule has 0 aliphatic heterocycles. The second-order valence-electron chi connectivity index (χ2n) is 8.18. The van der Waals surface area contributed by atoms with E-state index in [0.29, 0.717) is 23.7 Å². The second-order valence-corrected chi connectivity index (χ2v) is 9.04. The molecule has 0 saturated heterocycles. The number of rotatable bonds is 4. The first kappa shape index (κ1) is 20.2. The Kier molecular flexibility index (Phi) is 5.04. The maximum atomic E-state index is 10.7. The van der Waals surface area contributed by atoms with Crippen molar-refractivity contribution in [1.29, 1.82) is 0 Å². The highest BCUT2D eigenvalue weighted by Gasteiger charge is 2.42. The van der Waals surface area contributed by atoms with Gasteiger partial charge in [0.25, 0.3) is 0 Å². The smallest absolute Gasteiger partial charge is 0.145 e. The number of aryl methyl sites for hydroxylation is 1. The molecule has 31 heavy (non-hydrogen) atoms. The molecule has 1 fully saturated rings. The minimum Gasteiger partial charge on any atom is -0.390 e. The average molecular weight is 483 g/mol. The molecule has 6 N–H and O–H groups in total. The van der Waals surface area contributed by atoms with Gasteiger partial charge in [-0.2, -0.15) is 0 Å². The number of nitrogen functional groups attached to an aromatic ring is 2. The fraction of sp³-hybridized carbons (Fsp3) is 0.318. The van der Waals surface area contributed by atoms with Gasteiger partial charge in [-0.3, -0.25) is 0 Å². The van der Waals surface area contributed by atoms with Crippen molar-refractivity contribution in [2.75, 3.05) is 11.5 Å². The monoisotopic (exact) mass is 482 g/mol. The molecule has 4 aromatic rings. The Morgan fingerprint density at radius 1 is 1.06 bits per heavy atom. The number of aliphatic hydroxyl groups excluding tert-OH is 2. The summed E-state index contributed by atoms with van der Waals surface area (Å²) in [5.74, 6) is 0.839. The third kappa shape index (κ3) is 3.52. The van der Waals surface area contributed by atoms with Gasteiger partial charge in [0.15, 0.2) is 0 Å². The Morgan fingerprint density at radius 3 is 2.74 bits per heavy atom. The van der Waals surface area contributed by atoms with Crippen LogP contribution in [0.2, 0.25) is 0 Å². The summed E-state index contributed by atoms with van der Waals surface area (Å²) in [6, 6.07) is 9.68. The summed E-state index contributed by atoms with van der Waals surface area (Å²) in [4.78, 5) is 12.8. The molecule has 0 radical (unpaired) electrons. The molecule has 1 aromatic carbocycles. The number of nitrogens with two attached hydrogens (primary N) is 2. The first-order valence-electron chi connectivity index (χ1n) is 10.2. The number of benzene rings is 1. The lowest BCUT2D eigenvalue weighted by Gasteiger charge is -2.19. The maximum absolute atomic E-state index is 10.7. The molecule has 160 valence electrons. The molecule has 0 spiro atoms. The largest absolute Gasteiger partial charge is 0.390 e. The summed E-state index contributed by atoms with van der Waals surface area (Å²) in [6.07, 6.45) is 3.79. The van der Waals surface area contributed by atoms with Gasteiger partial charge in [-0.25, -0.2) is 15.0 Å². The van der Waals surface area contributed by atoms with Crippen molar-refractivity contribution in [3.63, 3.8) is 0 Å². The number of aromatic nitrogens is 4. The van der Waals surface area contributed by atoms with E-state index < -0.39 is 12.2 Å². The lowest BCUT2D eigenvalue weighted by atomic mass is 9.95. The molecule has 4 atom stereocenters. The molecule has 1 unspecified atom stereocenters. The predicted molar refractivity (Wildman–Crippen MR) is 123 cm³/mol. The molecule has 3 heterocycles. The maximum Gasteiger partial charge on any atom is 0.145 e. The molecule has 0 amide bonds. The molecule has 9 heteroatoms. The van der Waals surface area contributed by atoms with Crippen molar-refractivity contribution >= 4 is 49.5 Å². The number of hydrogen-bond acceptors (Lipinski definition) is 7. The molecule has 0 bridgehead atoms. The van der Waals surface area contributed by atoms with E-state index in [1.807, 2.05) is 35.0 Å². The van der Waals surface area contributed by atoms with Gasteiger partial charge in [0.1, 0.15) is 29.7 Å². The summed E-state index contributed by atoms with van der Waals surface area (Å²) in [5, 5.41) is 23.2. The standard InChI is InChI=1S/C22H23BrN6O2/c23-15-8-12-3-1-11(7-16(12)28-21(15)25)2-4-13-9-17(19(31)18(13)30)29-6-5-14-20(24)26-10-27-22(14)29/h1,3,5-8,10,13,17-19,30-31H,2,4,9H2,(H2,25,28)(H2,24,26,27)/t13?,17-,18-,19+/m1/s1. The van der Waals surface area contributed by atoms with Crippen LogP contribution >= 0.6 is 15.9 Å². The van der Waals surface area contributed by atoms with Gasteiger partial charge in [-0.15, -0.1) is 0 Å². The molecule has 5 rings (SSSR count). The highest BCUT2D eigenvalue weighted by molar-refractivity contribution is 9.10. The van der Waals surface area contributed by atoms with Crippen LogP contribution in [0.4, 0.5) is 11.6 Å². The number of nitrogens with zero attached hydrogens (tertiary/aromatic N) is 4. The van der Waals surface area contributed by atoms with Crippen LogP contribution < -0.4 is 11.5 Å². The van der Waals surface area contributed by atoms with Crippen molar-refractivity contribution in [3.8, 4) is 0 Å². The number of fused-ring (bicyclic) bond motifs is 2. The van der Waals surface area contributed by atoms with E-state index in [1.54, 1.807) is 0 Å². The van der Waals surface area contributed by atoms with Gasteiger partial charge in [-0.1, -0.05) is 12.1 Å². The molecule has 1 aliphatic rings. The second kappa shape index (κ2) is 7.74. The number of anilines is 2. The fourth-order valence-corrected chi connectivity index (χ4v) is 4.96. The first-order chi connectivity index (χ1) is 14.9. The molecular weight excluding hydrogens is 460 g/mol. The normalized spacial score (nSPS) is 23.7. The third-order valence-corrected chi connectivity index (χ3v) is 6.97. The van der Waals surface area contributed by atoms with Crippen LogP contribution in [0.5, 0.6) is 0 Å². The van der Waals surface area contributed by atoms with Crippen LogP contribution in [0.25, 0.3) is 21.9 Å². The molecule has 8 nitrogen and oxygen atoms in total. The number of pyridine rings is 1. The zero-order valence-electron chi connectivity index (χ0n) is 16.7. The number of halogens is 1. The Bertz CT molecular complexity index is 1280. The Balaban J connectivity index is 1.34. The van der Waals surface area contributed by atoms with Crippen LogP contribution in [-0.4, -0.2) is 41.9 Å². The van der Waals surface area contributed by atoms with E-state index in [-0.39, 0.29) is 12.0 Å². The summed E-state index contributed by atoms with van der Waals surface area (Å²) < 4.78 is 2.69. The summed E-state index contributed by atoms with van der Waals surface area (Å²) in [5.41, 5.74) is 14.5. The third-order valence-electron chi connectivity index (χ3n) is 6.34. The zero-order chi connectivity index (χ0) is 21.7. The molecule has 1 saturated carbocycles. The van der Waals surface area contributed by atoms with Crippen LogP contribution in [0.3, 0.4) is 0 Å². The summed E-state index contributed by atoms with van der Waals surface area (Å²) >= 11 is 3.41. The van der Waals surface area contributed by atoms with Gasteiger partial charge in [0.2, 0.25) is 0 Å². The first-order valence-corrected chi connectivity index (χ1v) is 11.0. The minimum absolute atomic E-state index is 0.0322. The lowest BCUT2D eigenvalue weighted by molar-refractivity contribution is 0.00545. The zero-order valence-corrected chi connectivity index (χ0v) is 18.3. The Hall–Kier alpha value is -2.75. The quantitative estimate of drug-likeness (QED) is 0.351. The van der Waals surface area contributed by atoms with E-state index in [0.717, 1.165) is 39.2 Å². The van der Waals surface area contributed by atoms with E-state index in [9.17, 15) is 10.2 Å². The highest BCUT2D eigenvalue weighted by atomic mass is 79.9. The summed E-state index contributed by atoms with van der Waals surface area (Å²) in [6.45, 7) is 0. The van der Waals surface area contributed by atoms with Crippen LogP contribution in [-0.2, 0) is 6.42 Å². The van der Waals surface area contributed by atoms with Crippen LogP contribution in [0.15, 0.2) is 47.3 Å². The average Bonchev–Trinajstić information content (AvgIpc) is 3.30. The molecular formula is C22H23BrN6O2. The van der Waals surface area contributed by atoms with Crippen LogP contribution in [0, 0.1) is 5.92 Å². The van der Waals surface area contributed by atoms with Gasteiger partial charge < -0.3 is 26.2 Å². The molecule has 1 aliphatic carbocycles. The van der Waals surface area contributed by atoms with E-state index >= 15 is 0 Å². The minimum atomic E-state index is -0.868. The van der Waals surface area contributed by atoms with Crippen LogP contribution in [0.1, 0.15) is 24.4 Å². The molecule has 3 aromatic heterocycles. The highest BCUT2D eigenvalue weighted by Crippen LogP contribution is 2.39. The van der Waals surface area contributed by atoms with E-state index in [2.05, 4.69) is 36.9 Å². The van der Waals surface area contributed by atoms with Crippen molar-refractivity contribution in [3.05, 3.63) is 52.9 Å². The topological polar surface area (TPSA) is 136 Å².